The normalized spacial score (nSPS) is 29.3. The summed E-state index contributed by atoms with van der Waals surface area (Å²) < 4.78 is 7.38. The molecule has 118 valence electrons. The number of hydrogen-bond donors (Lipinski definition) is 0. The third kappa shape index (κ3) is 1.62. The Morgan fingerprint density at radius 2 is 2.36 bits per heavy atom. The van der Waals surface area contributed by atoms with Gasteiger partial charge < -0.3 is 19.8 Å². The maximum atomic E-state index is 11.5. The van der Waals surface area contributed by atoms with Crippen molar-refractivity contribution in [2.24, 2.45) is 11.3 Å². The summed E-state index contributed by atoms with van der Waals surface area (Å²) in [5, 5.41) is 13.3. The fourth-order valence-electron chi connectivity index (χ4n) is 4.38. The van der Waals surface area contributed by atoms with Crippen LogP contribution in [0.25, 0.3) is 4.96 Å². The molecule has 3 heterocycles. The lowest BCUT2D eigenvalue weighted by molar-refractivity contribution is -0.389. The fraction of sp³-hybridized carbons (Fsp3) is 0.643. The van der Waals surface area contributed by atoms with Crippen LogP contribution in [0.15, 0.2) is 11.6 Å². The van der Waals surface area contributed by atoms with Crippen LogP contribution in [0.2, 0.25) is 0 Å². The SMILES string of the molecule is CN(c1nc2sccn2c1[N+](=O)[O-])[C@@H]1[C@H]2CCO[C@@H]2C1(C)C. The fourth-order valence-corrected chi connectivity index (χ4v) is 5.09. The van der Waals surface area contributed by atoms with E-state index in [9.17, 15) is 10.1 Å². The number of nitro groups is 1. The summed E-state index contributed by atoms with van der Waals surface area (Å²) in [5.74, 6) is 0.941. The number of hydrogen-bond acceptors (Lipinski definition) is 6. The van der Waals surface area contributed by atoms with Crippen molar-refractivity contribution in [3.8, 4) is 0 Å². The summed E-state index contributed by atoms with van der Waals surface area (Å²) in [7, 11) is 1.92. The lowest BCUT2D eigenvalue weighted by atomic mass is 9.57. The molecule has 0 bridgehead atoms. The number of ether oxygens (including phenoxy) is 1. The largest absolute Gasteiger partial charge is 0.377 e. The van der Waals surface area contributed by atoms with Crippen molar-refractivity contribution in [3.05, 3.63) is 21.7 Å². The average molecular weight is 322 g/mol. The van der Waals surface area contributed by atoms with E-state index in [1.807, 2.05) is 17.3 Å². The second-order valence-corrected chi connectivity index (χ2v) is 7.57. The molecule has 0 unspecified atom stereocenters. The summed E-state index contributed by atoms with van der Waals surface area (Å²) in [6, 6.07) is 0.211. The van der Waals surface area contributed by atoms with Crippen molar-refractivity contribution in [2.45, 2.75) is 32.4 Å². The molecule has 2 aromatic heterocycles. The Hall–Kier alpha value is -1.67. The Balaban J connectivity index is 1.77. The molecule has 0 spiro atoms. The minimum absolute atomic E-state index is 0.0270. The van der Waals surface area contributed by atoms with Gasteiger partial charge in [-0.1, -0.05) is 25.2 Å². The Morgan fingerprint density at radius 3 is 3.09 bits per heavy atom. The zero-order valence-corrected chi connectivity index (χ0v) is 13.5. The van der Waals surface area contributed by atoms with Crippen molar-refractivity contribution in [1.82, 2.24) is 9.38 Å². The van der Waals surface area contributed by atoms with E-state index in [1.54, 1.807) is 10.6 Å². The molecular formula is C14H18N4O3S. The van der Waals surface area contributed by atoms with Crippen LogP contribution in [0.4, 0.5) is 11.6 Å². The molecule has 7 nitrogen and oxygen atoms in total. The van der Waals surface area contributed by atoms with Crippen LogP contribution >= 0.6 is 11.3 Å². The van der Waals surface area contributed by atoms with E-state index >= 15 is 0 Å². The van der Waals surface area contributed by atoms with E-state index < -0.39 is 0 Å². The quantitative estimate of drug-likeness (QED) is 0.641. The van der Waals surface area contributed by atoms with Crippen LogP contribution in [0.1, 0.15) is 20.3 Å². The van der Waals surface area contributed by atoms with Crippen molar-refractivity contribution in [1.29, 1.82) is 0 Å². The van der Waals surface area contributed by atoms with Gasteiger partial charge in [-0.3, -0.25) is 0 Å². The molecule has 4 rings (SSSR count). The van der Waals surface area contributed by atoms with Crippen LogP contribution in [0.5, 0.6) is 0 Å². The number of thiazole rings is 1. The van der Waals surface area contributed by atoms with E-state index in [-0.39, 0.29) is 28.3 Å². The van der Waals surface area contributed by atoms with E-state index in [0.29, 0.717) is 16.7 Å². The third-order valence-corrected chi connectivity index (χ3v) is 5.94. The molecule has 3 atom stereocenters. The topological polar surface area (TPSA) is 72.9 Å². The van der Waals surface area contributed by atoms with Gasteiger partial charge in [-0.05, 0) is 11.3 Å². The molecular weight excluding hydrogens is 304 g/mol. The van der Waals surface area contributed by atoms with E-state index in [0.717, 1.165) is 13.0 Å². The first kappa shape index (κ1) is 14.0. The molecule has 0 radical (unpaired) electrons. The first-order chi connectivity index (χ1) is 10.4. The Kier molecular flexibility index (Phi) is 2.80. The number of nitrogens with zero attached hydrogens (tertiary/aromatic N) is 4. The summed E-state index contributed by atoms with van der Waals surface area (Å²) >= 11 is 1.41. The molecule has 8 heteroatoms. The van der Waals surface area contributed by atoms with Gasteiger partial charge in [0.05, 0.1) is 6.10 Å². The molecule has 2 fully saturated rings. The van der Waals surface area contributed by atoms with Gasteiger partial charge in [0.1, 0.15) is 6.20 Å². The molecule has 22 heavy (non-hydrogen) atoms. The van der Waals surface area contributed by atoms with Crippen molar-refractivity contribution < 1.29 is 9.66 Å². The van der Waals surface area contributed by atoms with Gasteiger partial charge in [-0.25, -0.2) is 0 Å². The van der Waals surface area contributed by atoms with Crippen LogP contribution < -0.4 is 4.90 Å². The Bertz CT molecular complexity index is 752. The van der Waals surface area contributed by atoms with Crippen LogP contribution in [0, 0.1) is 21.4 Å². The number of fused-ring (bicyclic) bond motifs is 2. The van der Waals surface area contributed by atoms with Gasteiger partial charge in [0, 0.05) is 36.4 Å². The summed E-state index contributed by atoms with van der Waals surface area (Å²) in [4.78, 5) is 18.3. The summed E-state index contributed by atoms with van der Waals surface area (Å²) in [6.45, 7) is 5.12. The number of rotatable bonds is 3. The first-order valence-corrected chi connectivity index (χ1v) is 8.25. The van der Waals surface area contributed by atoms with Gasteiger partial charge in [0.15, 0.2) is 0 Å². The predicted octanol–water partition coefficient (Wildman–Crippen LogP) is 2.55. The lowest BCUT2D eigenvalue weighted by Gasteiger charge is -2.57. The molecule has 1 aliphatic carbocycles. The minimum Gasteiger partial charge on any atom is -0.377 e. The highest BCUT2D eigenvalue weighted by molar-refractivity contribution is 7.15. The highest BCUT2D eigenvalue weighted by Crippen LogP contribution is 2.55. The van der Waals surface area contributed by atoms with Crippen molar-refractivity contribution >= 4 is 27.9 Å². The first-order valence-electron chi connectivity index (χ1n) is 7.37. The second kappa shape index (κ2) is 4.42. The molecule has 2 aliphatic rings. The standard InChI is InChI=1S/C14H18N4O3S/c1-14(2)9(8-4-6-21-10(8)14)16(3)11-12(18(19)20)17-5-7-22-13(17)15-11/h5,7-10H,4,6H2,1-3H3/t8-,9-,10+/m1/s1. The average Bonchev–Trinajstić information content (AvgIpc) is 3.10. The van der Waals surface area contributed by atoms with Crippen LogP contribution in [0.3, 0.4) is 0 Å². The zero-order valence-electron chi connectivity index (χ0n) is 12.7. The lowest BCUT2D eigenvalue weighted by Crippen LogP contribution is -2.66. The van der Waals surface area contributed by atoms with Crippen LogP contribution in [-0.2, 0) is 4.74 Å². The monoisotopic (exact) mass is 322 g/mol. The summed E-state index contributed by atoms with van der Waals surface area (Å²) in [6.07, 6.45) is 2.97. The maximum Gasteiger partial charge on any atom is 0.373 e. The molecule has 1 aliphatic heterocycles. The predicted molar refractivity (Wildman–Crippen MR) is 83.5 cm³/mol. The van der Waals surface area contributed by atoms with E-state index in [1.165, 1.54) is 11.3 Å². The van der Waals surface area contributed by atoms with E-state index in [2.05, 4.69) is 18.8 Å². The highest BCUT2D eigenvalue weighted by Gasteiger charge is 2.61. The molecule has 0 amide bonds. The third-order valence-electron chi connectivity index (χ3n) is 5.18. The maximum absolute atomic E-state index is 11.5. The van der Waals surface area contributed by atoms with Crippen LogP contribution in [-0.4, -0.2) is 40.1 Å². The summed E-state index contributed by atoms with van der Waals surface area (Å²) in [5.41, 5.74) is -0.0270. The van der Waals surface area contributed by atoms with Gasteiger partial charge in [-0.2, -0.15) is 9.38 Å². The van der Waals surface area contributed by atoms with E-state index in [4.69, 9.17) is 4.74 Å². The number of imidazole rings is 1. The molecule has 0 aromatic carbocycles. The Morgan fingerprint density at radius 1 is 1.59 bits per heavy atom. The van der Waals surface area contributed by atoms with Crippen molar-refractivity contribution in [2.75, 3.05) is 18.6 Å². The zero-order chi connectivity index (χ0) is 15.6. The number of anilines is 1. The van der Waals surface area contributed by atoms with Gasteiger partial charge >= 0.3 is 5.82 Å². The Labute approximate surface area is 131 Å². The molecule has 1 saturated carbocycles. The minimum atomic E-state index is -0.340. The number of aromatic nitrogens is 2. The van der Waals surface area contributed by atoms with Gasteiger partial charge in [-0.15, -0.1) is 0 Å². The molecule has 1 saturated heterocycles. The smallest absolute Gasteiger partial charge is 0.373 e. The highest BCUT2D eigenvalue weighted by atomic mass is 32.1. The molecule has 0 N–H and O–H groups in total. The second-order valence-electron chi connectivity index (χ2n) is 6.69. The molecule has 2 aromatic rings. The van der Waals surface area contributed by atoms with Gasteiger partial charge in [0.2, 0.25) is 5.82 Å². The van der Waals surface area contributed by atoms with Gasteiger partial charge in [0.25, 0.3) is 4.96 Å². The van der Waals surface area contributed by atoms with Crippen molar-refractivity contribution in [3.63, 3.8) is 0 Å².